The average Bonchev–Trinajstić information content (AvgIpc) is 2.44. The number of nitrogens with two attached hydrogens (primary N) is 1. The molecule has 0 atom stereocenters. The fraction of sp³-hybridized carbons (Fsp3) is 0.500. The van der Waals surface area contributed by atoms with Crippen LogP contribution in [0.15, 0.2) is 18.2 Å². The van der Waals surface area contributed by atoms with E-state index in [1.54, 1.807) is 25.3 Å². The summed E-state index contributed by atoms with van der Waals surface area (Å²) in [6.07, 6.45) is 0. The lowest BCUT2D eigenvalue weighted by Crippen LogP contribution is -2.28. The van der Waals surface area contributed by atoms with E-state index in [9.17, 15) is 4.79 Å². The van der Waals surface area contributed by atoms with Crippen molar-refractivity contribution in [2.24, 2.45) is 0 Å². The van der Waals surface area contributed by atoms with Crippen LogP contribution in [0.1, 0.15) is 24.2 Å². The predicted molar refractivity (Wildman–Crippen MR) is 75.5 cm³/mol. The number of hydrogen-bond donors (Lipinski definition) is 1. The number of rotatable bonds is 7. The molecule has 0 heterocycles. The van der Waals surface area contributed by atoms with Crippen LogP contribution >= 0.6 is 0 Å². The summed E-state index contributed by atoms with van der Waals surface area (Å²) >= 11 is 0. The van der Waals surface area contributed by atoms with Crippen LogP contribution in [0.5, 0.6) is 5.75 Å². The normalized spacial score (nSPS) is 10.5. The molecule has 0 aliphatic heterocycles. The number of esters is 1. The van der Waals surface area contributed by atoms with Crippen molar-refractivity contribution in [1.29, 1.82) is 0 Å². The number of nitrogen functional groups attached to an aromatic ring is 1. The van der Waals surface area contributed by atoms with Crippen molar-refractivity contribution in [3.8, 4) is 5.75 Å². The molecule has 1 rings (SSSR count). The van der Waals surface area contributed by atoms with Gasteiger partial charge in [0.05, 0.1) is 12.7 Å². The second kappa shape index (κ2) is 7.63. The van der Waals surface area contributed by atoms with E-state index >= 15 is 0 Å². The number of carbonyl (C=O) groups excluding carboxylic acids is 1. The van der Waals surface area contributed by atoms with Gasteiger partial charge in [-0.25, -0.2) is 4.79 Å². The van der Waals surface area contributed by atoms with E-state index in [-0.39, 0.29) is 0 Å². The zero-order valence-electron chi connectivity index (χ0n) is 11.8. The smallest absolute Gasteiger partial charge is 0.340 e. The first-order chi connectivity index (χ1) is 9.12. The molecule has 0 saturated carbocycles. The van der Waals surface area contributed by atoms with Crippen LogP contribution in [0.25, 0.3) is 0 Å². The molecule has 0 aliphatic carbocycles. The van der Waals surface area contributed by atoms with Gasteiger partial charge in [0.1, 0.15) is 12.4 Å². The van der Waals surface area contributed by atoms with Crippen LogP contribution in [0.4, 0.5) is 5.69 Å². The molecule has 5 nitrogen and oxygen atoms in total. The Morgan fingerprint density at radius 2 is 2.00 bits per heavy atom. The summed E-state index contributed by atoms with van der Waals surface area (Å²) < 4.78 is 10.3. The van der Waals surface area contributed by atoms with Crippen LogP contribution in [-0.2, 0) is 4.74 Å². The zero-order chi connectivity index (χ0) is 14.3. The van der Waals surface area contributed by atoms with Gasteiger partial charge in [-0.2, -0.15) is 0 Å². The van der Waals surface area contributed by atoms with Gasteiger partial charge in [-0.3, -0.25) is 0 Å². The molecule has 0 fully saturated rings. The first kappa shape index (κ1) is 15.3. The summed E-state index contributed by atoms with van der Waals surface area (Å²) in [6.45, 7) is 7.11. The summed E-state index contributed by atoms with van der Waals surface area (Å²) in [5.74, 6) is 0.174. The molecule has 0 saturated heterocycles. The van der Waals surface area contributed by atoms with Crippen molar-refractivity contribution < 1.29 is 14.3 Å². The molecule has 0 unspecified atom stereocenters. The molecular weight excluding hydrogens is 244 g/mol. The number of benzene rings is 1. The number of nitrogens with zero attached hydrogens (tertiary/aromatic N) is 1. The highest BCUT2D eigenvalue weighted by Crippen LogP contribution is 2.20. The van der Waals surface area contributed by atoms with Crippen molar-refractivity contribution in [2.75, 3.05) is 39.1 Å². The first-order valence-corrected chi connectivity index (χ1v) is 6.45. The maximum atomic E-state index is 11.9. The van der Waals surface area contributed by atoms with Crippen molar-refractivity contribution in [2.45, 2.75) is 13.8 Å². The third kappa shape index (κ3) is 4.44. The predicted octanol–water partition coefficient (Wildman–Crippen LogP) is 1.78. The van der Waals surface area contributed by atoms with Gasteiger partial charge in [0, 0.05) is 12.2 Å². The van der Waals surface area contributed by atoms with Gasteiger partial charge in [0.15, 0.2) is 0 Å². The lowest BCUT2D eigenvalue weighted by molar-refractivity contribution is 0.0467. The average molecular weight is 266 g/mol. The molecule has 106 valence electrons. The number of ether oxygens (including phenoxy) is 2. The summed E-state index contributed by atoms with van der Waals surface area (Å²) in [5, 5.41) is 0. The molecule has 1 aromatic rings. The van der Waals surface area contributed by atoms with Crippen LogP contribution in [0, 0.1) is 0 Å². The number of methoxy groups -OCH3 is 1. The zero-order valence-corrected chi connectivity index (χ0v) is 11.8. The monoisotopic (exact) mass is 266 g/mol. The Morgan fingerprint density at radius 3 is 2.58 bits per heavy atom. The number of likely N-dealkylation sites (N-methyl/N-ethyl adjacent to an activating group) is 1. The Bertz CT molecular complexity index is 417. The van der Waals surface area contributed by atoms with Crippen molar-refractivity contribution in [3.05, 3.63) is 23.8 Å². The Balaban J connectivity index is 2.58. The summed E-state index contributed by atoms with van der Waals surface area (Å²) in [7, 11) is 1.54. The van der Waals surface area contributed by atoms with Crippen molar-refractivity contribution in [3.63, 3.8) is 0 Å². The molecule has 0 aliphatic rings. The number of hydrogen-bond acceptors (Lipinski definition) is 5. The van der Waals surface area contributed by atoms with Crippen LogP contribution in [0.2, 0.25) is 0 Å². The minimum Gasteiger partial charge on any atom is -0.497 e. The highest BCUT2D eigenvalue weighted by molar-refractivity contribution is 5.95. The molecule has 19 heavy (non-hydrogen) atoms. The summed E-state index contributed by atoms with van der Waals surface area (Å²) in [6, 6.07) is 4.94. The largest absolute Gasteiger partial charge is 0.497 e. The highest BCUT2D eigenvalue weighted by Gasteiger charge is 2.12. The van der Waals surface area contributed by atoms with Crippen molar-refractivity contribution >= 4 is 11.7 Å². The Labute approximate surface area is 114 Å². The van der Waals surface area contributed by atoms with Crippen LogP contribution in [0.3, 0.4) is 0 Å². The molecule has 0 bridgehead atoms. The van der Waals surface area contributed by atoms with E-state index in [2.05, 4.69) is 18.7 Å². The third-order valence-corrected chi connectivity index (χ3v) is 3.02. The second-order valence-electron chi connectivity index (χ2n) is 4.12. The summed E-state index contributed by atoms with van der Waals surface area (Å²) in [5.41, 5.74) is 6.51. The van der Waals surface area contributed by atoms with Gasteiger partial charge in [-0.05, 0) is 31.3 Å². The molecule has 2 N–H and O–H groups in total. The first-order valence-electron chi connectivity index (χ1n) is 6.45. The molecule has 5 heteroatoms. The maximum Gasteiger partial charge on any atom is 0.340 e. The third-order valence-electron chi connectivity index (χ3n) is 3.02. The summed E-state index contributed by atoms with van der Waals surface area (Å²) in [4.78, 5) is 14.1. The van der Waals surface area contributed by atoms with Crippen molar-refractivity contribution in [1.82, 2.24) is 4.90 Å². The van der Waals surface area contributed by atoms with E-state index in [1.807, 2.05) is 0 Å². The van der Waals surface area contributed by atoms with E-state index in [4.69, 9.17) is 15.2 Å². The molecule has 1 aromatic carbocycles. The van der Waals surface area contributed by atoms with Crippen LogP contribution < -0.4 is 10.5 Å². The van der Waals surface area contributed by atoms with Gasteiger partial charge < -0.3 is 20.1 Å². The molecule has 0 spiro atoms. The highest BCUT2D eigenvalue weighted by atomic mass is 16.5. The lowest BCUT2D eigenvalue weighted by atomic mass is 10.2. The Morgan fingerprint density at radius 1 is 1.32 bits per heavy atom. The van der Waals surface area contributed by atoms with Crippen LogP contribution in [-0.4, -0.2) is 44.2 Å². The number of carbonyl (C=O) groups is 1. The van der Waals surface area contributed by atoms with Gasteiger partial charge in [0.2, 0.25) is 0 Å². The van der Waals surface area contributed by atoms with Gasteiger partial charge in [-0.1, -0.05) is 13.8 Å². The maximum absolute atomic E-state index is 11.9. The minimum absolute atomic E-state index is 0.346. The number of anilines is 1. The molecule has 0 amide bonds. The fourth-order valence-corrected chi connectivity index (χ4v) is 1.72. The fourth-order valence-electron chi connectivity index (χ4n) is 1.72. The molecule has 0 radical (unpaired) electrons. The van der Waals surface area contributed by atoms with E-state index in [1.165, 1.54) is 0 Å². The minimum atomic E-state index is -0.413. The second-order valence-corrected chi connectivity index (χ2v) is 4.12. The van der Waals surface area contributed by atoms with Gasteiger partial charge in [0.25, 0.3) is 0 Å². The van der Waals surface area contributed by atoms with Gasteiger partial charge >= 0.3 is 5.97 Å². The Kier molecular flexibility index (Phi) is 6.15. The molecule has 0 aromatic heterocycles. The van der Waals surface area contributed by atoms with Gasteiger partial charge in [-0.15, -0.1) is 0 Å². The quantitative estimate of drug-likeness (QED) is 0.602. The van der Waals surface area contributed by atoms with E-state index in [0.29, 0.717) is 23.6 Å². The lowest BCUT2D eigenvalue weighted by Gasteiger charge is -2.17. The Hall–Kier alpha value is -1.75. The standard InChI is InChI=1S/C14H22N2O3/c1-4-16(5-2)8-9-19-14(17)12-10-11(18-3)6-7-13(12)15/h6-7,10H,4-5,8-9,15H2,1-3H3. The molecular formula is C14H22N2O3. The SMILES string of the molecule is CCN(CC)CCOC(=O)c1cc(OC)ccc1N. The topological polar surface area (TPSA) is 64.8 Å². The van der Waals surface area contributed by atoms with E-state index in [0.717, 1.165) is 19.6 Å². The van der Waals surface area contributed by atoms with E-state index < -0.39 is 5.97 Å².